The van der Waals surface area contributed by atoms with E-state index in [4.69, 9.17) is 5.11 Å². The fourth-order valence-corrected chi connectivity index (χ4v) is 2.31. The monoisotopic (exact) mass is 363 g/mol. The molecule has 0 spiro atoms. The van der Waals surface area contributed by atoms with Gasteiger partial charge in [0.25, 0.3) is 11.5 Å². The number of carbonyl (C=O) groups is 2. The molecule has 1 amide bonds. The molecule has 9 heteroatoms. The molecule has 3 N–H and O–H groups in total. The maximum absolute atomic E-state index is 13.9. The fraction of sp³-hybridized carbons (Fsp3) is 0.294. The molecule has 0 atom stereocenters. The molecule has 1 aromatic heterocycles. The Hall–Kier alpha value is -3.23. The molecule has 26 heavy (non-hydrogen) atoms. The summed E-state index contributed by atoms with van der Waals surface area (Å²) in [6, 6.07) is 5.78. The maximum atomic E-state index is 13.9. The molecule has 0 unspecified atom stereocenters. The summed E-state index contributed by atoms with van der Waals surface area (Å²) in [6.07, 6.45) is 0. The molecule has 0 aliphatic rings. The molecule has 138 valence electrons. The second-order valence-electron chi connectivity index (χ2n) is 5.89. The topological polar surface area (TPSA) is 122 Å². The molecule has 2 rings (SSSR count). The number of nitrogens with one attached hydrogen (secondary N) is 1. The van der Waals surface area contributed by atoms with Gasteiger partial charge in [-0.3, -0.25) is 14.4 Å². The molecule has 0 bridgehead atoms. The quantitative estimate of drug-likeness (QED) is 0.706. The van der Waals surface area contributed by atoms with Crippen LogP contribution >= 0.6 is 0 Å². The van der Waals surface area contributed by atoms with Crippen molar-refractivity contribution in [2.24, 2.45) is 0 Å². The van der Waals surface area contributed by atoms with Crippen molar-refractivity contribution in [1.82, 2.24) is 15.1 Å². The molecule has 0 fully saturated rings. The van der Waals surface area contributed by atoms with Crippen molar-refractivity contribution < 1.29 is 24.2 Å². The first-order valence-corrected chi connectivity index (χ1v) is 7.79. The van der Waals surface area contributed by atoms with E-state index < -0.39 is 41.1 Å². The van der Waals surface area contributed by atoms with E-state index in [0.29, 0.717) is 0 Å². The predicted molar refractivity (Wildman–Crippen MR) is 89.7 cm³/mol. The number of rotatable bonds is 6. The first-order valence-electron chi connectivity index (χ1n) is 7.79. The molecule has 0 saturated heterocycles. The number of aromatic nitrogens is 2. The molecular formula is C17H18FN3O5. The predicted octanol–water partition coefficient (Wildman–Crippen LogP) is 1.07. The van der Waals surface area contributed by atoms with E-state index in [2.05, 4.69) is 5.10 Å². The molecule has 8 nitrogen and oxygen atoms in total. The fourth-order valence-electron chi connectivity index (χ4n) is 2.31. The van der Waals surface area contributed by atoms with Gasteiger partial charge in [0.2, 0.25) is 0 Å². The second-order valence-corrected chi connectivity index (χ2v) is 5.89. The lowest BCUT2D eigenvalue weighted by Gasteiger charge is -2.15. The van der Waals surface area contributed by atoms with Gasteiger partial charge in [0.05, 0.1) is 6.54 Å². The molecule has 1 heterocycles. The van der Waals surface area contributed by atoms with Gasteiger partial charge in [0.15, 0.2) is 5.75 Å². The maximum Gasteiger partial charge on any atom is 0.322 e. The van der Waals surface area contributed by atoms with Crippen molar-refractivity contribution in [2.45, 2.75) is 26.3 Å². The normalized spacial score (nSPS) is 10.8. The van der Waals surface area contributed by atoms with Crippen LogP contribution in [0.2, 0.25) is 0 Å². The Morgan fingerprint density at radius 1 is 1.31 bits per heavy atom. The number of nitrogens with zero attached hydrogens (tertiary/aromatic N) is 2. The van der Waals surface area contributed by atoms with E-state index in [1.807, 2.05) is 5.32 Å². The summed E-state index contributed by atoms with van der Waals surface area (Å²) in [5.41, 5.74) is -1.32. The highest BCUT2D eigenvalue weighted by Gasteiger charge is 2.25. The van der Waals surface area contributed by atoms with Gasteiger partial charge in [-0.2, -0.15) is 5.10 Å². The molecular weight excluding hydrogens is 345 g/mol. The van der Waals surface area contributed by atoms with E-state index in [0.717, 1.165) is 4.68 Å². The standard InChI is InChI=1S/C17H18FN3O5/c1-9(2)14-15(24)13(16(25)19-7-12(22)23)17(26)21(20-14)8-10-5-3-4-6-11(10)18/h3-6,9,24H,7-8H2,1-2H3,(H,19,25)(H,22,23). The lowest BCUT2D eigenvalue weighted by Crippen LogP contribution is -2.37. The smallest absolute Gasteiger partial charge is 0.322 e. The third-order valence-corrected chi connectivity index (χ3v) is 3.61. The number of carboxylic acid groups (broad SMARTS) is 1. The molecule has 0 saturated carbocycles. The van der Waals surface area contributed by atoms with Gasteiger partial charge in [0, 0.05) is 11.5 Å². The average molecular weight is 363 g/mol. The van der Waals surface area contributed by atoms with Gasteiger partial charge >= 0.3 is 5.97 Å². The lowest BCUT2D eigenvalue weighted by atomic mass is 10.1. The zero-order chi connectivity index (χ0) is 19.4. The average Bonchev–Trinajstić information content (AvgIpc) is 2.57. The SMILES string of the molecule is CC(C)c1nn(Cc2ccccc2F)c(=O)c(C(=O)NCC(=O)O)c1O. The highest BCUT2D eigenvalue weighted by atomic mass is 19.1. The van der Waals surface area contributed by atoms with Crippen LogP contribution in [-0.4, -0.2) is 38.4 Å². The van der Waals surface area contributed by atoms with Crippen molar-refractivity contribution >= 4 is 11.9 Å². The number of carboxylic acids is 1. The van der Waals surface area contributed by atoms with Gasteiger partial charge in [-0.1, -0.05) is 32.0 Å². The van der Waals surface area contributed by atoms with Crippen LogP contribution in [0.3, 0.4) is 0 Å². The van der Waals surface area contributed by atoms with Crippen molar-refractivity contribution in [3.8, 4) is 5.75 Å². The Balaban J connectivity index is 2.55. The minimum atomic E-state index is -1.30. The van der Waals surface area contributed by atoms with Crippen LogP contribution in [0.5, 0.6) is 5.75 Å². The summed E-state index contributed by atoms with van der Waals surface area (Å²) in [5.74, 6) is -3.84. The number of hydrogen-bond acceptors (Lipinski definition) is 5. The van der Waals surface area contributed by atoms with Gasteiger partial charge in [0.1, 0.15) is 23.6 Å². The Labute approximate surface area is 147 Å². The van der Waals surface area contributed by atoms with Gasteiger partial charge in [-0.05, 0) is 6.07 Å². The largest absolute Gasteiger partial charge is 0.505 e. The highest BCUT2D eigenvalue weighted by molar-refractivity contribution is 5.98. The number of hydrogen-bond donors (Lipinski definition) is 3. The first kappa shape index (κ1) is 19.1. The summed E-state index contributed by atoms with van der Waals surface area (Å²) in [7, 11) is 0. The van der Waals surface area contributed by atoms with Gasteiger partial charge < -0.3 is 15.5 Å². The zero-order valence-electron chi connectivity index (χ0n) is 14.2. The van der Waals surface area contributed by atoms with Crippen molar-refractivity contribution in [2.75, 3.05) is 6.54 Å². The van der Waals surface area contributed by atoms with Crippen molar-refractivity contribution in [1.29, 1.82) is 0 Å². The Bertz CT molecular complexity index is 908. The summed E-state index contributed by atoms with van der Waals surface area (Å²) >= 11 is 0. The summed E-state index contributed by atoms with van der Waals surface area (Å²) < 4.78 is 14.8. The molecule has 1 aromatic carbocycles. The van der Waals surface area contributed by atoms with E-state index in [9.17, 15) is 23.9 Å². The minimum absolute atomic E-state index is 0.0708. The Morgan fingerprint density at radius 3 is 2.54 bits per heavy atom. The second kappa shape index (κ2) is 7.77. The number of aromatic hydroxyl groups is 1. The van der Waals surface area contributed by atoms with Gasteiger partial charge in [-0.25, -0.2) is 9.07 Å². The Morgan fingerprint density at radius 2 is 1.96 bits per heavy atom. The van der Waals surface area contributed by atoms with Crippen molar-refractivity contribution in [3.63, 3.8) is 0 Å². The van der Waals surface area contributed by atoms with E-state index in [-0.39, 0.29) is 23.7 Å². The molecule has 0 radical (unpaired) electrons. The lowest BCUT2D eigenvalue weighted by molar-refractivity contribution is -0.135. The number of aliphatic carboxylic acids is 1. The molecule has 0 aliphatic carbocycles. The number of halogens is 1. The van der Waals surface area contributed by atoms with Crippen molar-refractivity contribution in [3.05, 3.63) is 57.3 Å². The van der Waals surface area contributed by atoms with Crippen LogP contribution in [0.1, 0.15) is 41.4 Å². The third-order valence-electron chi connectivity index (χ3n) is 3.61. The van der Waals surface area contributed by atoms with Crippen LogP contribution in [0.15, 0.2) is 29.1 Å². The Kier molecular flexibility index (Phi) is 5.71. The van der Waals surface area contributed by atoms with E-state index >= 15 is 0 Å². The minimum Gasteiger partial charge on any atom is -0.505 e. The summed E-state index contributed by atoms with van der Waals surface area (Å²) in [5, 5.41) is 25.0. The summed E-state index contributed by atoms with van der Waals surface area (Å²) in [6.45, 7) is 2.42. The highest BCUT2D eigenvalue weighted by Crippen LogP contribution is 2.24. The number of amides is 1. The number of benzene rings is 1. The van der Waals surface area contributed by atoms with Crippen LogP contribution in [0.4, 0.5) is 4.39 Å². The third kappa shape index (κ3) is 4.05. The molecule has 2 aromatic rings. The zero-order valence-corrected chi connectivity index (χ0v) is 14.2. The van der Waals surface area contributed by atoms with Crippen LogP contribution in [0, 0.1) is 5.82 Å². The van der Waals surface area contributed by atoms with Crippen LogP contribution in [-0.2, 0) is 11.3 Å². The van der Waals surface area contributed by atoms with Crippen LogP contribution < -0.4 is 10.9 Å². The first-order chi connectivity index (χ1) is 12.2. The van der Waals surface area contributed by atoms with Crippen LogP contribution in [0.25, 0.3) is 0 Å². The van der Waals surface area contributed by atoms with Gasteiger partial charge in [-0.15, -0.1) is 0 Å². The summed E-state index contributed by atoms with van der Waals surface area (Å²) in [4.78, 5) is 35.4. The number of carbonyl (C=O) groups excluding carboxylic acids is 1. The molecule has 0 aliphatic heterocycles. The van der Waals surface area contributed by atoms with E-state index in [1.54, 1.807) is 19.9 Å². The van der Waals surface area contributed by atoms with E-state index in [1.165, 1.54) is 18.2 Å².